The molecule has 4 heteroatoms. The highest BCUT2D eigenvalue weighted by atomic mass is 16.5. The van der Waals surface area contributed by atoms with E-state index in [2.05, 4.69) is 22.2 Å². The van der Waals surface area contributed by atoms with Crippen LogP contribution in [0.25, 0.3) is 0 Å². The zero-order valence-corrected chi connectivity index (χ0v) is 11.6. The quantitative estimate of drug-likeness (QED) is 0.879. The third kappa shape index (κ3) is 3.43. The van der Waals surface area contributed by atoms with E-state index in [-0.39, 0.29) is 0 Å². The van der Waals surface area contributed by atoms with Crippen molar-refractivity contribution in [2.75, 3.05) is 27.2 Å². The number of aryl methyl sites for hydroxylation is 1. The highest BCUT2D eigenvalue weighted by molar-refractivity contribution is 5.26. The monoisotopic (exact) mass is 249 g/mol. The van der Waals surface area contributed by atoms with Gasteiger partial charge in [-0.2, -0.15) is 0 Å². The third-order valence-corrected chi connectivity index (χ3v) is 3.56. The second kappa shape index (κ2) is 6.16. The van der Waals surface area contributed by atoms with Crippen molar-refractivity contribution in [3.05, 3.63) is 23.5 Å². The van der Waals surface area contributed by atoms with E-state index in [1.165, 1.54) is 12.8 Å². The molecule has 0 unspecified atom stereocenters. The number of hydrogen-bond acceptors (Lipinski definition) is 4. The van der Waals surface area contributed by atoms with Crippen molar-refractivity contribution in [3.63, 3.8) is 0 Å². The van der Waals surface area contributed by atoms with Gasteiger partial charge in [0.1, 0.15) is 5.75 Å². The lowest BCUT2D eigenvalue weighted by molar-refractivity contribution is 0.189. The minimum absolute atomic E-state index is 0.666. The Labute approximate surface area is 109 Å². The van der Waals surface area contributed by atoms with Gasteiger partial charge in [-0.05, 0) is 39.9 Å². The van der Waals surface area contributed by atoms with Gasteiger partial charge in [0.15, 0.2) is 0 Å². The van der Waals surface area contributed by atoms with Crippen molar-refractivity contribution in [2.24, 2.45) is 0 Å². The van der Waals surface area contributed by atoms with Gasteiger partial charge in [0, 0.05) is 30.4 Å². The van der Waals surface area contributed by atoms with Gasteiger partial charge < -0.3 is 10.1 Å². The van der Waals surface area contributed by atoms with E-state index in [0.717, 1.165) is 36.8 Å². The first-order valence-electron chi connectivity index (χ1n) is 6.61. The van der Waals surface area contributed by atoms with E-state index >= 15 is 0 Å². The molecule has 1 aliphatic heterocycles. The smallest absolute Gasteiger partial charge is 0.122 e. The van der Waals surface area contributed by atoms with Crippen LogP contribution in [0.3, 0.4) is 0 Å². The lowest BCUT2D eigenvalue weighted by Crippen LogP contribution is -2.40. The van der Waals surface area contributed by atoms with E-state index in [1.54, 1.807) is 7.11 Å². The van der Waals surface area contributed by atoms with Crippen LogP contribution < -0.4 is 10.1 Å². The molecule has 0 bridgehead atoms. The Morgan fingerprint density at radius 3 is 2.78 bits per heavy atom. The Morgan fingerprint density at radius 1 is 1.39 bits per heavy atom. The zero-order chi connectivity index (χ0) is 13.0. The molecule has 100 valence electrons. The van der Waals surface area contributed by atoms with Crippen molar-refractivity contribution >= 4 is 0 Å². The van der Waals surface area contributed by atoms with Gasteiger partial charge in [0.2, 0.25) is 0 Å². The fraction of sp³-hybridized carbons (Fsp3) is 0.643. The highest BCUT2D eigenvalue weighted by Gasteiger charge is 2.18. The van der Waals surface area contributed by atoms with Crippen LogP contribution in [0.1, 0.15) is 24.2 Å². The molecule has 0 atom stereocenters. The molecule has 0 aromatic carbocycles. The Balaban J connectivity index is 2.01. The number of pyridine rings is 1. The van der Waals surface area contributed by atoms with E-state index in [9.17, 15) is 0 Å². The maximum Gasteiger partial charge on any atom is 0.122 e. The number of methoxy groups -OCH3 is 1. The van der Waals surface area contributed by atoms with E-state index in [4.69, 9.17) is 4.74 Å². The standard InChI is InChI=1S/C14H23N3O/c1-11-8-14(18-3)9-12(16-11)10-17(2)13-4-6-15-7-5-13/h8-9,13,15H,4-7,10H2,1-3H3. The normalized spacial score (nSPS) is 17.1. The molecule has 0 amide bonds. The van der Waals surface area contributed by atoms with Crippen LogP contribution in [0.2, 0.25) is 0 Å². The van der Waals surface area contributed by atoms with E-state index < -0.39 is 0 Å². The topological polar surface area (TPSA) is 37.4 Å². The molecular weight excluding hydrogens is 226 g/mol. The van der Waals surface area contributed by atoms with Gasteiger partial charge in [0.25, 0.3) is 0 Å². The summed E-state index contributed by atoms with van der Waals surface area (Å²) in [7, 11) is 3.89. The molecule has 1 fully saturated rings. The lowest BCUT2D eigenvalue weighted by atomic mass is 10.1. The van der Waals surface area contributed by atoms with E-state index in [1.807, 2.05) is 19.1 Å². The molecule has 2 heterocycles. The summed E-state index contributed by atoms with van der Waals surface area (Å²) < 4.78 is 5.29. The van der Waals surface area contributed by atoms with E-state index in [0.29, 0.717) is 6.04 Å². The summed E-state index contributed by atoms with van der Waals surface area (Å²) in [6, 6.07) is 4.66. The summed E-state index contributed by atoms with van der Waals surface area (Å²) >= 11 is 0. The number of nitrogens with zero attached hydrogens (tertiary/aromatic N) is 2. The first kappa shape index (κ1) is 13.3. The molecule has 18 heavy (non-hydrogen) atoms. The van der Waals surface area contributed by atoms with Crippen molar-refractivity contribution < 1.29 is 4.74 Å². The van der Waals surface area contributed by atoms with Gasteiger partial charge in [-0.25, -0.2) is 0 Å². The number of nitrogens with one attached hydrogen (secondary N) is 1. The molecule has 4 nitrogen and oxygen atoms in total. The number of rotatable bonds is 4. The molecule has 0 radical (unpaired) electrons. The van der Waals surface area contributed by atoms with Crippen LogP contribution in [0.15, 0.2) is 12.1 Å². The second-order valence-corrected chi connectivity index (χ2v) is 5.04. The SMILES string of the molecule is COc1cc(C)nc(CN(C)C2CCNCC2)c1. The van der Waals surface area contributed by atoms with Gasteiger partial charge in [0.05, 0.1) is 12.8 Å². The number of ether oxygens (including phenoxy) is 1. The summed E-state index contributed by atoms with van der Waals surface area (Å²) in [4.78, 5) is 6.98. The fourth-order valence-electron chi connectivity index (χ4n) is 2.53. The Hall–Kier alpha value is -1.13. The van der Waals surface area contributed by atoms with Gasteiger partial charge >= 0.3 is 0 Å². The predicted octanol–water partition coefficient (Wildman–Crippen LogP) is 1.58. The van der Waals surface area contributed by atoms with Gasteiger partial charge in [-0.15, -0.1) is 0 Å². The van der Waals surface area contributed by atoms with Crippen LogP contribution in [-0.4, -0.2) is 43.2 Å². The van der Waals surface area contributed by atoms with Crippen molar-refractivity contribution in [1.82, 2.24) is 15.2 Å². The predicted molar refractivity (Wildman–Crippen MR) is 72.9 cm³/mol. The molecule has 1 aromatic heterocycles. The van der Waals surface area contributed by atoms with Gasteiger partial charge in [-0.3, -0.25) is 9.88 Å². The molecule has 1 aromatic rings. The third-order valence-electron chi connectivity index (χ3n) is 3.56. The van der Waals surface area contributed by atoms with Crippen molar-refractivity contribution in [1.29, 1.82) is 0 Å². The molecule has 0 saturated carbocycles. The molecule has 1 aliphatic rings. The fourth-order valence-corrected chi connectivity index (χ4v) is 2.53. The Bertz CT molecular complexity index is 389. The number of piperidine rings is 1. The summed E-state index contributed by atoms with van der Waals surface area (Å²) in [6.45, 7) is 5.15. The Morgan fingerprint density at radius 2 is 2.11 bits per heavy atom. The van der Waals surface area contributed by atoms with Crippen molar-refractivity contribution in [3.8, 4) is 5.75 Å². The number of hydrogen-bond donors (Lipinski definition) is 1. The van der Waals surface area contributed by atoms with Crippen LogP contribution in [-0.2, 0) is 6.54 Å². The summed E-state index contributed by atoms with van der Waals surface area (Å²) in [5, 5.41) is 3.40. The molecule has 0 aliphatic carbocycles. The first-order valence-corrected chi connectivity index (χ1v) is 6.61. The summed E-state index contributed by atoms with van der Waals surface area (Å²) in [6.07, 6.45) is 2.44. The minimum atomic E-state index is 0.666. The zero-order valence-electron chi connectivity index (χ0n) is 11.6. The maximum absolute atomic E-state index is 5.29. The number of aromatic nitrogens is 1. The maximum atomic E-state index is 5.29. The van der Waals surface area contributed by atoms with Crippen LogP contribution in [0, 0.1) is 6.92 Å². The molecule has 0 spiro atoms. The largest absolute Gasteiger partial charge is 0.497 e. The minimum Gasteiger partial charge on any atom is -0.497 e. The highest BCUT2D eigenvalue weighted by Crippen LogP contribution is 2.17. The molecule has 2 rings (SSSR count). The van der Waals surface area contributed by atoms with Crippen LogP contribution in [0.4, 0.5) is 0 Å². The first-order chi connectivity index (χ1) is 8.69. The van der Waals surface area contributed by atoms with Crippen molar-refractivity contribution in [2.45, 2.75) is 32.4 Å². The van der Waals surface area contributed by atoms with Gasteiger partial charge in [-0.1, -0.05) is 0 Å². The second-order valence-electron chi connectivity index (χ2n) is 5.04. The molecular formula is C14H23N3O. The lowest BCUT2D eigenvalue weighted by Gasteiger charge is -2.31. The Kier molecular flexibility index (Phi) is 4.55. The van der Waals surface area contributed by atoms with Crippen LogP contribution >= 0.6 is 0 Å². The summed E-state index contributed by atoms with van der Waals surface area (Å²) in [5.74, 6) is 0.899. The average Bonchev–Trinajstić information content (AvgIpc) is 2.39. The summed E-state index contributed by atoms with van der Waals surface area (Å²) in [5.41, 5.74) is 2.11. The average molecular weight is 249 g/mol. The molecule has 1 saturated heterocycles. The van der Waals surface area contributed by atoms with Crippen LogP contribution in [0.5, 0.6) is 5.75 Å². The molecule has 1 N–H and O–H groups in total.